The van der Waals surface area contributed by atoms with Crippen molar-refractivity contribution in [3.05, 3.63) is 106 Å². The number of rotatable bonds is 4. The molecule has 0 bridgehead atoms. The van der Waals surface area contributed by atoms with Crippen molar-refractivity contribution in [1.29, 1.82) is 0 Å². The van der Waals surface area contributed by atoms with E-state index in [-0.39, 0.29) is 5.56 Å². The van der Waals surface area contributed by atoms with Crippen molar-refractivity contribution < 1.29 is 0 Å². The number of aromatic nitrogens is 3. The molecule has 0 saturated heterocycles. The molecule has 0 saturated carbocycles. The fourth-order valence-corrected chi connectivity index (χ4v) is 5.83. The van der Waals surface area contributed by atoms with E-state index in [9.17, 15) is 4.79 Å². The molecule has 154 valence electrons. The smallest absolute Gasteiger partial charge is 0.267 e. The van der Waals surface area contributed by atoms with Gasteiger partial charge in [-0.3, -0.25) is 4.79 Å². The number of hydrogen-bond donors (Lipinski definition) is 0. The van der Waals surface area contributed by atoms with Crippen LogP contribution < -0.4 is 5.56 Å². The molecule has 0 atom stereocenters. The molecule has 4 nitrogen and oxygen atoms in total. The molecule has 0 N–H and O–H groups in total. The lowest BCUT2D eigenvalue weighted by molar-refractivity contribution is 0.836. The van der Waals surface area contributed by atoms with E-state index in [1.807, 2.05) is 72.1 Å². The molecule has 6 heteroatoms. The van der Waals surface area contributed by atoms with Gasteiger partial charge in [0.2, 0.25) is 0 Å². The van der Waals surface area contributed by atoms with Crippen molar-refractivity contribution in [1.82, 2.24) is 14.6 Å². The summed E-state index contributed by atoms with van der Waals surface area (Å²) in [6, 6.07) is 28.3. The molecule has 0 spiro atoms. The zero-order valence-corrected chi connectivity index (χ0v) is 18.6. The standard InChI is InChI=1S/C26H17N3OS2/c30-26-22-21(18-11-5-2-6-12-18)16-32-25(22)27-23-19-13-7-8-14-20(19)24(28-29(23)26)31-15-17-9-3-1-4-10-17/h1-14,16H,15H2. The maximum absolute atomic E-state index is 13.7. The van der Waals surface area contributed by atoms with Crippen LogP contribution in [0, 0.1) is 0 Å². The van der Waals surface area contributed by atoms with E-state index in [1.54, 1.807) is 11.8 Å². The third kappa shape index (κ3) is 3.20. The van der Waals surface area contributed by atoms with Gasteiger partial charge in [0.15, 0.2) is 5.65 Å². The van der Waals surface area contributed by atoms with Crippen LogP contribution in [0.4, 0.5) is 0 Å². The molecule has 32 heavy (non-hydrogen) atoms. The number of thioether (sulfide) groups is 1. The van der Waals surface area contributed by atoms with Gasteiger partial charge in [0.25, 0.3) is 5.56 Å². The van der Waals surface area contributed by atoms with Crippen LogP contribution >= 0.6 is 23.1 Å². The highest BCUT2D eigenvalue weighted by Crippen LogP contribution is 2.33. The predicted octanol–water partition coefficient (Wildman–Crippen LogP) is 6.42. The second-order valence-electron chi connectivity index (χ2n) is 7.47. The Morgan fingerprint density at radius 3 is 2.31 bits per heavy atom. The molecule has 0 aliphatic rings. The predicted molar refractivity (Wildman–Crippen MR) is 134 cm³/mol. The van der Waals surface area contributed by atoms with Gasteiger partial charge >= 0.3 is 0 Å². The van der Waals surface area contributed by atoms with Crippen LogP contribution in [0.5, 0.6) is 0 Å². The Kier molecular flexibility index (Phi) is 4.74. The average Bonchev–Trinajstić information content (AvgIpc) is 3.29. The normalized spacial score (nSPS) is 11.5. The molecule has 0 radical (unpaired) electrons. The molecular formula is C26H17N3OS2. The summed E-state index contributed by atoms with van der Waals surface area (Å²) < 4.78 is 1.48. The number of hydrogen-bond acceptors (Lipinski definition) is 5. The Hall–Kier alpha value is -3.48. The van der Waals surface area contributed by atoms with E-state index in [0.29, 0.717) is 11.0 Å². The summed E-state index contributed by atoms with van der Waals surface area (Å²) in [6.45, 7) is 0. The Morgan fingerprint density at radius 2 is 1.53 bits per heavy atom. The van der Waals surface area contributed by atoms with Crippen molar-refractivity contribution in [3.8, 4) is 11.1 Å². The van der Waals surface area contributed by atoms with E-state index < -0.39 is 0 Å². The molecule has 6 rings (SSSR count). The molecule has 0 aliphatic heterocycles. The van der Waals surface area contributed by atoms with Crippen molar-refractivity contribution in [2.24, 2.45) is 0 Å². The molecule has 3 aromatic carbocycles. The summed E-state index contributed by atoms with van der Waals surface area (Å²) in [5, 5.41) is 10.2. The van der Waals surface area contributed by atoms with Crippen LogP contribution in [0.3, 0.4) is 0 Å². The van der Waals surface area contributed by atoms with Gasteiger partial charge in [-0.2, -0.15) is 9.61 Å². The first kappa shape index (κ1) is 19.2. The lowest BCUT2D eigenvalue weighted by atomic mass is 10.1. The van der Waals surface area contributed by atoms with Gasteiger partial charge < -0.3 is 0 Å². The molecule has 0 aliphatic carbocycles. The molecule has 3 aromatic heterocycles. The van der Waals surface area contributed by atoms with Crippen molar-refractivity contribution in [2.45, 2.75) is 10.8 Å². The van der Waals surface area contributed by atoms with E-state index in [0.717, 1.165) is 37.5 Å². The van der Waals surface area contributed by atoms with Gasteiger partial charge in [-0.05, 0) is 11.1 Å². The summed E-state index contributed by atoms with van der Waals surface area (Å²) in [5.74, 6) is 0.779. The Bertz CT molecular complexity index is 1640. The van der Waals surface area contributed by atoms with E-state index >= 15 is 0 Å². The highest BCUT2D eigenvalue weighted by atomic mass is 32.2. The second kappa shape index (κ2) is 7.89. The summed E-state index contributed by atoms with van der Waals surface area (Å²) >= 11 is 3.14. The first-order valence-electron chi connectivity index (χ1n) is 10.2. The summed E-state index contributed by atoms with van der Waals surface area (Å²) in [4.78, 5) is 19.3. The molecule has 0 unspecified atom stereocenters. The fourth-order valence-electron chi connectivity index (χ4n) is 3.92. The van der Waals surface area contributed by atoms with Crippen LogP contribution in [-0.4, -0.2) is 14.6 Å². The summed E-state index contributed by atoms with van der Waals surface area (Å²) in [5.41, 5.74) is 3.61. The van der Waals surface area contributed by atoms with E-state index in [2.05, 4.69) is 18.2 Å². The summed E-state index contributed by atoms with van der Waals surface area (Å²) in [6.07, 6.45) is 0. The lowest BCUT2D eigenvalue weighted by Gasteiger charge is -2.10. The third-order valence-electron chi connectivity index (χ3n) is 5.48. The van der Waals surface area contributed by atoms with Gasteiger partial charge in [-0.25, -0.2) is 4.98 Å². The molecule has 0 fully saturated rings. The zero-order chi connectivity index (χ0) is 21.5. The van der Waals surface area contributed by atoms with Gasteiger partial charge in [0.05, 0.1) is 5.39 Å². The maximum atomic E-state index is 13.7. The SMILES string of the molecule is O=c1c2c(-c3ccccc3)csc2nc2c3ccccc3c(SCc3ccccc3)nn12. The Labute approximate surface area is 192 Å². The average molecular weight is 452 g/mol. The Morgan fingerprint density at radius 1 is 0.844 bits per heavy atom. The minimum absolute atomic E-state index is 0.127. The van der Waals surface area contributed by atoms with E-state index in [4.69, 9.17) is 10.1 Å². The number of nitrogens with zero attached hydrogens (tertiary/aromatic N) is 3. The zero-order valence-electron chi connectivity index (χ0n) is 16.9. The van der Waals surface area contributed by atoms with Crippen LogP contribution in [0.2, 0.25) is 0 Å². The van der Waals surface area contributed by atoms with Gasteiger partial charge in [-0.15, -0.1) is 11.3 Å². The van der Waals surface area contributed by atoms with Crippen LogP contribution in [0.25, 0.3) is 37.8 Å². The number of fused-ring (bicyclic) bond motifs is 4. The van der Waals surface area contributed by atoms with Gasteiger partial charge in [-0.1, -0.05) is 96.7 Å². The third-order valence-corrected chi connectivity index (χ3v) is 7.40. The largest absolute Gasteiger partial charge is 0.283 e. The highest BCUT2D eigenvalue weighted by molar-refractivity contribution is 7.98. The van der Waals surface area contributed by atoms with Crippen LogP contribution in [-0.2, 0) is 5.75 Å². The second-order valence-corrected chi connectivity index (χ2v) is 9.30. The highest BCUT2D eigenvalue weighted by Gasteiger charge is 2.18. The van der Waals surface area contributed by atoms with Crippen molar-refractivity contribution in [3.63, 3.8) is 0 Å². The van der Waals surface area contributed by atoms with Crippen LogP contribution in [0.1, 0.15) is 5.56 Å². The first-order chi connectivity index (χ1) is 15.8. The number of thiophene rings is 1. The van der Waals surface area contributed by atoms with Gasteiger partial charge in [0.1, 0.15) is 9.86 Å². The topological polar surface area (TPSA) is 47.3 Å². The molecule has 6 aromatic rings. The monoisotopic (exact) mass is 451 g/mol. The van der Waals surface area contributed by atoms with Gasteiger partial charge in [0, 0.05) is 27.5 Å². The minimum atomic E-state index is -0.127. The number of benzene rings is 3. The van der Waals surface area contributed by atoms with Crippen molar-refractivity contribution >= 4 is 49.7 Å². The molecular weight excluding hydrogens is 434 g/mol. The van der Waals surface area contributed by atoms with Crippen LogP contribution in [0.15, 0.2) is 100 Å². The molecule has 0 amide bonds. The molecule has 3 heterocycles. The first-order valence-corrected chi connectivity index (χ1v) is 12.1. The maximum Gasteiger partial charge on any atom is 0.283 e. The van der Waals surface area contributed by atoms with E-state index in [1.165, 1.54) is 21.4 Å². The minimum Gasteiger partial charge on any atom is -0.267 e. The van der Waals surface area contributed by atoms with Crippen molar-refractivity contribution in [2.75, 3.05) is 0 Å². The lowest BCUT2D eigenvalue weighted by Crippen LogP contribution is -2.18. The summed E-state index contributed by atoms with van der Waals surface area (Å²) in [7, 11) is 0. The fraction of sp³-hybridized carbons (Fsp3) is 0.0385. The quantitative estimate of drug-likeness (QED) is 0.229. The Balaban J connectivity index is 1.59.